The van der Waals surface area contributed by atoms with Crippen molar-refractivity contribution in [2.75, 3.05) is 10.6 Å². The number of nitrogens with one attached hydrogen (secondary N) is 2. The molecule has 3 N–H and O–H groups in total. The maximum Gasteiger partial charge on any atom is 0.305 e. The van der Waals surface area contributed by atoms with E-state index in [1.54, 1.807) is 18.2 Å². The second-order valence-corrected chi connectivity index (χ2v) is 3.85. The van der Waals surface area contributed by atoms with Crippen molar-refractivity contribution in [3.63, 3.8) is 0 Å². The van der Waals surface area contributed by atoms with Gasteiger partial charge in [0.15, 0.2) is 0 Å². The van der Waals surface area contributed by atoms with Crippen LogP contribution in [-0.4, -0.2) is 23.0 Å². The molecule has 1 heterocycles. The molecular formula is C10H9ClN2O3. The number of carboxylic acid groups (broad SMARTS) is 1. The Balaban J connectivity index is 2.30. The number of carboxylic acids is 1. The van der Waals surface area contributed by atoms with Gasteiger partial charge in [0.2, 0.25) is 5.91 Å². The highest BCUT2D eigenvalue weighted by Gasteiger charge is 2.28. The molecular weight excluding hydrogens is 232 g/mol. The van der Waals surface area contributed by atoms with Crippen LogP contribution in [0.2, 0.25) is 5.02 Å². The standard InChI is InChI=1S/C10H9ClN2O3/c11-5-2-1-3-6-9(5)12-7(4-8(14)15)10(16)13-6/h1-3,7,12H,4H2,(H,13,16)(H,14,15). The van der Waals surface area contributed by atoms with E-state index in [0.29, 0.717) is 16.4 Å². The number of aliphatic carboxylic acids is 1. The fourth-order valence-corrected chi connectivity index (χ4v) is 1.78. The average molecular weight is 241 g/mol. The maximum absolute atomic E-state index is 11.5. The van der Waals surface area contributed by atoms with Crippen LogP contribution in [0.1, 0.15) is 6.42 Å². The van der Waals surface area contributed by atoms with Crippen LogP contribution < -0.4 is 10.6 Å². The molecule has 0 aromatic heterocycles. The van der Waals surface area contributed by atoms with E-state index in [0.717, 1.165) is 0 Å². The van der Waals surface area contributed by atoms with Crippen molar-refractivity contribution in [2.24, 2.45) is 0 Å². The molecule has 1 amide bonds. The van der Waals surface area contributed by atoms with Gasteiger partial charge >= 0.3 is 5.97 Å². The zero-order valence-corrected chi connectivity index (χ0v) is 8.91. The highest BCUT2D eigenvalue weighted by molar-refractivity contribution is 6.34. The molecule has 0 fully saturated rings. The van der Waals surface area contributed by atoms with E-state index in [1.165, 1.54) is 0 Å². The molecule has 1 aromatic rings. The number of carbonyl (C=O) groups excluding carboxylic acids is 1. The topological polar surface area (TPSA) is 78.4 Å². The van der Waals surface area contributed by atoms with Gasteiger partial charge in [0.1, 0.15) is 6.04 Å². The largest absolute Gasteiger partial charge is 0.481 e. The number of hydrogen-bond donors (Lipinski definition) is 3. The third-order valence-corrected chi connectivity index (χ3v) is 2.60. The van der Waals surface area contributed by atoms with Crippen LogP contribution >= 0.6 is 11.6 Å². The van der Waals surface area contributed by atoms with Gasteiger partial charge in [0, 0.05) is 0 Å². The molecule has 5 nitrogen and oxygen atoms in total. The van der Waals surface area contributed by atoms with Crippen LogP contribution in [0.4, 0.5) is 11.4 Å². The van der Waals surface area contributed by atoms with Crippen molar-refractivity contribution in [3.05, 3.63) is 23.2 Å². The Bertz CT molecular complexity index is 461. The Kier molecular flexibility index (Phi) is 2.70. The number of halogens is 1. The summed E-state index contributed by atoms with van der Waals surface area (Å²) in [6, 6.07) is 4.29. The number of fused-ring (bicyclic) bond motifs is 1. The van der Waals surface area contributed by atoms with Gasteiger partial charge in [-0.1, -0.05) is 17.7 Å². The molecule has 0 saturated heterocycles. The lowest BCUT2D eigenvalue weighted by molar-refractivity contribution is -0.138. The number of rotatable bonds is 2. The van der Waals surface area contributed by atoms with Gasteiger partial charge in [-0.3, -0.25) is 9.59 Å². The van der Waals surface area contributed by atoms with Gasteiger partial charge in [-0.25, -0.2) is 0 Å². The maximum atomic E-state index is 11.5. The molecule has 0 aliphatic carbocycles. The summed E-state index contributed by atoms with van der Waals surface area (Å²) in [6.07, 6.45) is -0.281. The molecule has 1 atom stereocenters. The molecule has 2 rings (SSSR count). The van der Waals surface area contributed by atoms with Crippen LogP contribution in [0.25, 0.3) is 0 Å². The quantitative estimate of drug-likeness (QED) is 0.733. The molecule has 0 saturated carbocycles. The lowest BCUT2D eigenvalue weighted by atomic mass is 10.1. The predicted molar refractivity (Wildman–Crippen MR) is 59.7 cm³/mol. The summed E-state index contributed by atoms with van der Waals surface area (Å²) < 4.78 is 0. The van der Waals surface area contributed by atoms with E-state index < -0.39 is 12.0 Å². The van der Waals surface area contributed by atoms with Gasteiger partial charge in [-0.2, -0.15) is 0 Å². The number of benzene rings is 1. The lowest BCUT2D eigenvalue weighted by Crippen LogP contribution is -2.40. The van der Waals surface area contributed by atoms with E-state index in [-0.39, 0.29) is 12.3 Å². The Morgan fingerprint density at radius 1 is 1.50 bits per heavy atom. The van der Waals surface area contributed by atoms with E-state index in [2.05, 4.69) is 10.6 Å². The fourth-order valence-electron chi connectivity index (χ4n) is 1.55. The minimum atomic E-state index is -1.04. The van der Waals surface area contributed by atoms with Crippen molar-refractivity contribution >= 4 is 34.9 Å². The zero-order chi connectivity index (χ0) is 11.7. The van der Waals surface area contributed by atoms with E-state index >= 15 is 0 Å². The monoisotopic (exact) mass is 240 g/mol. The van der Waals surface area contributed by atoms with E-state index in [9.17, 15) is 9.59 Å². The molecule has 0 radical (unpaired) electrons. The number of para-hydroxylation sites is 1. The molecule has 1 aromatic carbocycles. The van der Waals surface area contributed by atoms with Crippen molar-refractivity contribution in [3.8, 4) is 0 Å². The summed E-state index contributed by atoms with van der Waals surface area (Å²) in [4.78, 5) is 22.1. The normalized spacial score (nSPS) is 18.3. The van der Waals surface area contributed by atoms with Gasteiger partial charge in [0.25, 0.3) is 0 Å². The third-order valence-electron chi connectivity index (χ3n) is 2.29. The van der Waals surface area contributed by atoms with Gasteiger partial charge in [0.05, 0.1) is 22.8 Å². The number of carbonyl (C=O) groups is 2. The summed E-state index contributed by atoms with van der Waals surface area (Å²) in [5, 5.41) is 14.5. The minimum absolute atomic E-state index is 0.281. The van der Waals surface area contributed by atoms with E-state index in [1.807, 2.05) is 0 Å². The van der Waals surface area contributed by atoms with Crippen LogP contribution in [0, 0.1) is 0 Å². The average Bonchev–Trinajstić information content (AvgIpc) is 2.20. The van der Waals surface area contributed by atoms with Crippen LogP contribution in [-0.2, 0) is 9.59 Å². The van der Waals surface area contributed by atoms with Crippen molar-refractivity contribution in [2.45, 2.75) is 12.5 Å². The molecule has 1 aliphatic rings. The second kappa shape index (κ2) is 4.02. The Morgan fingerprint density at radius 3 is 2.94 bits per heavy atom. The molecule has 0 spiro atoms. The van der Waals surface area contributed by atoms with Crippen LogP contribution in [0.5, 0.6) is 0 Å². The predicted octanol–water partition coefficient (Wildman–Crippen LogP) is 1.55. The minimum Gasteiger partial charge on any atom is -0.481 e. The van der Waals surface area contributed by atoms with Crippen molar-refractivity contribution in [1.82, 2.24) is 0 Å². The summed E-state index contributed by atoms with van der Waals surface area (Å²) >= 11 is 5.93. The second-order valence-electron chi connectivity index (χ2n) is 3.45. The van der Waals surface area contributed by atoms with Crippen molar-refractivity contribution in [1.29, 1.82) is 0 Å². The Labute approximate surface area is 96.4 Å². The van der Waals surface area contributed by atoms with E-state index in [4.69, 9.17) is 16.7 Å². The highest BCUT2D eigenvalue weighted by atomic mass is 35.5. The SMILES string of the molecule is O=C(O)CC1Nc2c(Cl)cccc2NC1=O. The van der Waals surface area contributed by atoms with Gasteiger partial charge in [-0.15, -0.1) is 0 Å². The molecule has 6 heteroatoms. The van der Waals surface area contributed by atoms with Crippen LogP contribution in [0.15, 0.2) is 18.2 Å². The lowest BCUT2D eigenvalue weighted by Gasteiger charge is -2.26. The smallest absolute Gasteiger partial charge is 0.305 e. The Morgan fingerprint density at radius 2 is 2.25 bits per heavy atom. The molecule has 84 valence electrons. The van der Waals surface area contributed by atoms with Crippen molar-refractivity contribution < 1.29 is 14.7 Å². The first-order valence-corrected chi connectivity index (χ1v) is 5.03. The van der Waals surface area contributed by atoms with Gasteiger partial charge < -0.3 is 15.7 Å². The third kappa shape index (κ3) is 1.94. The zero-order valence-electron chi connectivity index (χ0n) is 8.16. The first-order chi connectivity index (χ1) is 7.58. The number of hydrogen-bond acceptors (Lipinski definition) is 3. The number of amides is 1. The fraction of sp³-hybridized carbons (Fsp3) is 0.200. The molecule has 1 unspecified atom stereocenters. The molecule has 1 aliphatic heterocycles. The van der Waals surface area contributed by atoms with Crippen LogP contribution in [0.3, 0.4) is 0 Å². The summed E-state index contributed by atoms with van der Waals surface area (Å²) in [5.74, 6) is -1.40. The summed E-state index contributed by atoms with van der Waals surface area (Å²) in [7, 11) is 0. The highest BCUT2D eigenvalue weighted by Crippen LogP contribution is 2.33. The first kappa shape index (κ1) is 10.8. The summed E-state index contributed by atoms with van der Waals surface area (Å²) in [5.41, 5.74) is 1.13. The molecule has 0 bridgehead atoms. The summed E-state index contributed by atoms with van der Waals surface area (Å²) in [6.45, 7) is 0. The molecule has 16 heavy (non-hydrogen) atoms. The first-order valence-electron chi connectivity index (χ1n) is 4.65. The number of anilines is 2. The van der Waals surface area contributed by atoms with Gasteiger partial charge in [-0.05, 0) is 12.1 Å². The Hall–Kier alpha value is -1.75.